The molecule has 0 heterocycles. The van der Waals surface area contributed by atoms with Gasteiger partial charge in [-0.1, -0.05) is 26.2 Å². The Hall–Kier alpha value is -0.510. The van der Waals surface area contributed by atoms with Gasteiger partial charge in [-0.05, 0) is 43.4 Å². The first-order valence-electron chi connectivity index (χ1n) is 6.21. The number of rotatable bonds is 1. The van der Waals surface area contributed by atoms with E-state index in [-0.39, 0.29) is 0 Å². The molecular weight excluding hydrogens is 170 g/mol. The van der Waals surface area contributed by atoms with Crippen molar-refractivity contribution >= 4 is 0 Å². The van der Waals surface area contributed by atoms with Crippen LogP contribution in [0.15, 0.2) is 0 Å². The molecule has 2 aliphatic rings. The molecule has 0 spiro atoms. The summed E-state index contributed by atoms with van der Waals surface area (Å²) in [6.07, 6.45) is 9.35. The van der Waals surface area contributed by atoms with Crippen LogP contribution in [-0.2, 0) is 0 Å². The molecule has 0 N–H and O–H groups in total. The zero-order chi connectivity index (χ0) is 9.97. The maximum Gasteiger partial charge on any atom is 0.0658 e. The van der Waals surface area contributed by atoms with Gasteiger partial charge in [0, 0.05) is 5.92 Å². The van der Waals surface area contributed by atoms with Gasteiger partial charge in [0.2, 0.25) is 0 Å². The predicted octanol–water partition coefficient (Wildman–Crippen LogP) is 3.75. The maximum absolute atomic E-state index is 9.14. The van der Waals surface area contributed by atoms with E-state index in [0.717, 1.165) is 17.8 Å². The van der Waals surface area contributed by atoms with Crippen LogP contribution in [0.2, 0.25) is 0 Å². The molecule has 3 unspecified atom stereocenters. The Bertz CT molecular complexity index is 228. The maximum atomic E-state index is 9.14. The minimum absolute atomic E-state index is 0.388. The lowest BCUT2D eigenvalue weighted by molar-refractivity contribution is 0.198. The van der Waals surface area contributed by atoms with E-state index >= 15 is 0 Å². The fraction of sp³-hybridized carbons (Fsp3) is 0.923. The van der Waals surface area contributed by atoms with Gasteiger partial charge in [0.25, 0.3) is 0 Å². The van der Waals surface area contributed by atoms with Crippen LogP contribution in [0.5, 0.6) is 0 Å². The first-order valence-corrected chi connectivity index (χ1v) is 6.21. The summed E-state index contributed by atoms with van der Waals surface area (Å²) in [5.74, 6) is 2.94. The quantitative estimate of drug-likeness (QED) is 0.619. The van der Waals surface area contributed by atoms with Gasteiger partial charge in [-0.15, -0.1) is 0 Å². The molecule has 2 fully saturated rings. The summed E-state index contributed by atoms with van der Waals surface area (Å²) in [6, 6.07) is 2.55. The van der Waals surface area contributed by atoms with Gasteiger partial charge in [-0.25, -0.2) is 0 Å². The average molecular weight is 191 g/mol. The number of nitrogens with zero attached hydrogens (tertiary/aromatic N) is 1. The van der Waals surface area contributed by atoms with E-state index < -0.39 is 0 Å². The summed E-state index contributed by atoms with van der Waals surface area (Å²) in [4.78, 5) is 0. The van der Waals surface area contributed by atoms with E-state index in [0.29, 0.717) is 5.92 Å². The first kappa shape index (κ1) is 10.0. The minimum atomic E-state index is 0.388. The van der Waals surface area contributed by atoms with E-state index in [9.17, 15) is 0 Å². The van der Waals surface area contributed by atoms with Gasteiger partial charge in [0.1, 0.15) is 0 Å². The van der Waals surface area contributed by atoms with Crippen LogP contribution in [0.3, 0.4) is 0 Å². The summed E-state index contributed by atoms with van der Waals surface area (Å²) in [5, 5.41) is 9.14. The molecule has 0 amide bonds. The third-order valence-electron chi connectivity index (χ3n) is 4.33. The third kappa shape index (κ3) is 1.95. The minimum Gasteiger partial charge on any atom is -0.198 e. The van der Waals surface area contributed by atoms with E-state index in [4.69, 9.17) is 5.26 Å². The van der Waals surface area contributed by atoms with Crippen molar-refractivity contribution in [3.8, 4) is 6.07 Å². The second-order valence-corrected chi connectivity index (χ2v) is 5.36. The van der Waals surface area contributed by atoms with Crippen molar-refractivity contribution in [1.29, 1.82) is 5.26 Å². The Morgan fingerprint density at radius 3 is 2.50 bits per heavy atom. The summed E-state index contributed by atoms with van der Waals surface area (Å²) < 4.78 is 0. The number of hydrogen-bond acceptors (Lipinski definition) is 1. The van der Waals surface area contributed by atoms with Gasteiger partial charge in [0.15, 0.2) is 0 Å². The highest BCUT2D eigenvalue weighted by Crippen LogP contribution is 2.43. The largest absolute Gasteiger partial charge is 0.198 e. The van der Waals surface area contributed by atoms with E-state index in [2.05, 4.69) is 13.0 Å². The molecule has 14 heavy (non-hydrogen) atoms. The van der Waals surface area contributed by atoms with Crippen LogP contribution >= 0.6 is 0 Å². The van der Waals surface area contributed by atoms with Gasteiger partial charge in [-0.2, -0.15) is 5.26 Å². The summed E-state index contributed by atoms with van der Waals surface area (Å²) in [7, 11) is 0. The Balaban J connectivity index is 1.97. The summed E-state index contributed by atoms with van der Waals surface area (Å²) >= 11 is 0. The van der Waals surface area contributed by atoms with Crippen LogP contribution < -0.4 is 0 Å². The van der Waals surface area contributed by atoms with Crippen molar-refractivity contribution in [3.63, 3.8) is 0 Å². The third-order valence-corrected chi connectivity index (χ3v) is 4.33. The number of hydrogen-bond donors (Lipinski definition) is 0. The second kappa shape index (κ2) is 4.34. The van der Waals surface area contributed by atoms with Crippen LogP contribution in [0, 0.1) is 35.0 Å². The molecule has 0 aliphatic heterocycles. The monoisotopic (exact) mass is 191 g/mol. The Morgan fingerprint density at radius 1 is 1.07 bits per heavy atom. The molecule has 0 aromatic rings. The van der Waals surface area contributed by atoms with Crippen molar-refractivity contribution < 1.29 is 0 Å². The van der Waals surface area contributed by atoms with Crippen molar-refractivity contribution in [2.45, 2.75) is 51.9 Å². The highest BCUT2D eigenvalue weighted by atomic mass is 14.4. The molecule has 0 saturated heterocycles. The Morgan fingerprint density at radius 2 is 1.86 bits per heavy atom. The SMILES string of the molecule is C[C@@H]1CCC(C2CCCCC2C#N)C1. The first-order chi connectivity index (χ1) is 6.81. The van der Waals surface area contributed by atoms with Crippen molar-refractivity contribution in [2.24, 2.45) is 23.7 Å². The average Bonchev–Trinajstić information content (AvgIpc) is 2.65. The number of nitriles is 1. The molecular formula is C13H21N. The smallest absolute Gasteiger partial charge is 0.0658 e. The van der Waals surface area contributed by atoms with E-state index in [1.807, 2.05) is 0 Å². The molecule has 0 bridgehead atoms. The zero-order valence-electron chi connectivity index (χ0n) is 9.21. The van der Waals surface area contributed by atoms with Crippen molar-refractivity contribution in [2.75, 3.05) is 0 Å². The second-order valence-electron chi connectivity index (χ2n) is 5.36. The predicted molar refractivity (Wildman–Crippen MR) is 57.6 cm³/mol. The molecule has 1 heteroatoms. The molecule has 2 rings (SSSR count). The highest BCUT2D eigenvalue weighted by Gasteiger charge is 2.35. The van der Waals surface area contributed by atoms with Gasteiger partial charge in [0.05, 0.1) is 6.07 Å². The van der Waals surface area contributed by atoms with Crippen LogP contribution in [0.4, 0.5) is 0 Å². The van der Waals surface area contributed by atoms with E-state index in [1.165, 1.54) is 44.9 Å². The van der Waals surface area contributed by atoms with E-state index in [1.54, 1.807) is 0 Å². The lowest BCUT2D eigenvalue weighted by Crippen LogP contribution is -2.24. The summed E-state index contributed by atoms with van der Waals surface area (Å²) in [6.45, 7) is 2.37. The zero-order valence-corrected chi connectivity index (χ0v) is 9.21. The molecule has 1 nitrogen and oxygen atoms in total. The normalized spacial score (nSPS) is 43.4. The van der Waals surface area contributed by atoms with Crippen LogP contribution in [0.1, 0.15) is 51.9 Å². The summed E-state index contributed by atoms with van der Waals surface area (Å²) in [5.41, 5.74) is 0. The van der Waals surface area contributed by atoms with Gasteiger partial charge < -0.3 is 0 Å². The molecule has 0 aromatic heterocycles. The molecule has 4 atom stereocenters. The van der Waals surface area contributed by atoms with Gasteiger partial charge >= 0.3 is 0 Å². The lowest BCUT2D eigenvalue weighted by atomic mass is 9.72. The molecule has 78 valence electrons. The fourth-order valence-corrected chi connectivity index (χ4v) is 3.52. The molecule has 2 saturated carbocycles. The Kier molecular flexibility index (Phi) is 3.11. The van der Waals surface area contributed by atoms with Crippen molar-refractivity contribution in [1.82, 2.24) is 0 Å². The topological polar surface area (TPSA) is 23.8 Å². The Labute approximate surface area is 87.5 Å². The van der Waals surface area contributed by atoms with Crippen LogP contribution in [0.25, 0.3) is 0 Å². The van der Waals surface area contributed by atoms with Crippen LogP contribution in [-0.4, -0.2) is 0 Å². The van der Waals surface area contributed by atoms with Crippen molar-refractivity contribution in [3.05, 3.63) is 0 Å². The lowest BCUT2D eigenvalue weighted by Gasteiger charge is -2.31. The molecule has 0 aromatic carbocycles. The molecule has 0 radical (unpaired) electrons. The standard InChI is InChI=1S/C13H21N/c1-10-6-7-11(8-10)13-5-3-2-4-12(13)9-14/h10-13H,2-8H2,1H3/t10-,11?,12?,13?/m1/s1. The highest BCUT2D eigenvalue weighted by molar-refractivity contribution is 4.94. The van der Waals surface area contributed by atoms with Gasteiger partial charge in [-0.3, -0.25) is 0 Å². The fourth-order valence-electron chi connectivity index (χ4n) is 3.52. The molecule has 2 aliphatic carbocycles.